The molecule has 0 saturated carbocycles. The summed E-state index contributed by atoms with van der Waals surface area (Å²) in [6.07, 6.45) is 0.618. The number of hydrogen-bond donors (Lipinski definition) is 1. The summed E-state index contributed by atoms with van der Waals surface area (Å²) in [7, 11) is 0. The van der Waals surface area contributed by atoms with Gasteiger partial charge in [0.2, 0.25) is 5.91 Å². The van der Waals surface area contributed by atoms with Crippen molar-refractivity contribution in [3.05, 3.63) is 75.9 Å². The van der Waals surface area contributed by atoms with Crippen molar-refractivity contribution in [3.63, 3.8) is 0 Å². The third-order valence-electron chi connectivity index (χ3n) is 4.08. The molecule has 10 heteroatoms. The van der Waals surface area contributed by atoms with Crippen LogP contribution >= 0.6 is 11.8 Å². The standard InChI is InChI=1S/C19H18FN5O3S/c1-2-24-17(10-13-6-4-3-5-7-13)22-23-19(24)29-12-18(26)21-16-11-14(25(27)28)8-9-15(16)20/h3-9,11H,2,10,12H2,1H3,(H,21,26). The number of non-ortho nitro benzene ring substituents is 1. The Balaban J connectivity index is 1.65. The molecule has 2 aromatic carbocycles. The molecule has 0 saturated heterocycles. The van der Waals surface area contributed by atoms with E-state index in [-0.39, 0.29) is 17.1 Å². The zero-order valence-electron chi connectivity index (χ0n) is 15.5. The van der Waals surface area contributed by atoms with Gasteiger partial charge in [0.05, 0.1) is 16.4 Å². The molecule has 0 atom stereocenters. The summed E-state index contributed by atoms with van der Waals surface area (Å²) in [5, 5.41) is 22.1. The minimum atomic E-state index is -0.740. The molecule has 0 spiro atoms. The largest absolute Gasteiger partial charge is 0.323 e. The number of nitro groups is 1. The first-order valence-electron chi connectivity index (χ1n) is 8.80. The summed E-state index contributed by atoms with van der Waals surface area (Å²) in [4.78, 5) is 22.4. The number of nitrogens with one attached hydrogen (secondary N) is 1. The Labute approximate surface area is 170 Å². The van der Waals surface area contributed by atoms with E-state index in [1.165, 1.54) is 11.8 Å². The second-order valence-corrected chi connectivity index (χ2v) is 7.01. The first-order chi connectivity index (χ1) is 14.0. The van der Waals surface area contributed by atoms with Crippen molar-refractivity contribution in [2.45, 2.75) is 25.0 Å². The molecule has 0 unspecified atom stereocenters. The van der Waals surface area contributed by atoms with Crippen LogP contribution in [0.2, 0.25) is 0 Å². The summed E-state index contributed by atoms with van der Waals surface area (Å²) in [5.41, 5.74) is 0.571. The maximum Gasteiger partial charge on any atom is 0.271 e. The molecule has 0 aliphatic rings. The van der Waals surface area contributed by atoms with Crippen molar-refractivity contribution in [2.75, 3.05) is 11.1 Å². The molecule has 3 aromatic rings. The van der Waals surface area contributed by atoms with Crippen LogP contribution in [0.4, 0.5) is 15.8 Å². The number of nitro benzene ring substituents is 1. The van der Waals surface area contributed by atoms with Crippen molar-refractivity contribution >= 4 is 29.0 Å². The summed E-state index contributed by atoms with van der Waals surface area (Å²) in [5.74, 6) is -0.488. The minimum Gasteiger partial charge on any atom is -0.323 e. The molecule has 0 aliphatic carbocycles. The summed E-state index contributed by atoms with van der Waals surface area (Å²) < 4.78 is 15.7. The number of carbonyl (C=O) groups excluding carboxylic acids is 1. The van der Waals surface area contributed by atoms with Gasteiger partial charge in [0.15, 0.2) is 5.16 Å². The zero-order chi connectivity index (χ0) is 20.8. The van der Waals surface area contributed by atoms with Crippen molar-refractivity contribution in [2.24, 2.45) is 0 Å². The van der Waals surface area contributed by atoms with Gasteiger partial charge in [-0.05, 0) is 18.6 Å². The van der Waals surface area contributed by atoms with E-state index in [4.69, 9.17) is 0 Å². The van der Waals surface area contributed by atoms with Gasteiger partial charge in [-0.15, -0.1) is 10.2 Å². The predicted octanol–water partition coefficient (Wildman–Crippen LogP) is 3.67. The van der Waals surface area contributed by atoms with Gasteiger partial charge in [-0.3, -0.25) is 14.9 Å². The van der Waals surface area contributed by atoms with E-state index in [0.29, 0.717) is 18.1 Å². The van der Waals surface area contributed by atoms with Gasteiger partial charge in [-0.1, -0.05) is 42.1 Å². The fourth-order valence-corrected chi connectivity index (χ4v) is 3.51. The van der Waals surface area contributed by atoms with Crippen LogP contribution in [0.3, 0.4) is 0 Å². The van der Waals surface area contributed by atoms with Crippen LogP contribution < -0.4 is 5.32 Å². The fraction of sp³-hybridized carbons (Fsp3) is 0.211. The molecule has 150 valence electrons. The van der Waals surface area contributed by atoms with Gasteiger partial charge >= 0.3 is 0 Å². The monoisotopic (exact) mass is 415 g/mol. The Hall–Kier alpha value is -3.27. The molecule has 0 fully saturated rings. The predicted molar refractivity (Wildman–Crippen MR) is 107 cm³/mol. The minimum absolute atomic E-state index is 0.0361. The molecular weight excluding hydrogens is 397 g/mol. The van der Waals surface area contributed by atoms with Gasteiger partial charge in [0.1, 0.15) is 11.6 Å². The van der Waals surface area contributed by atoms with E-state index in [1.54, 1.807) is 0 Å². The highest BCUT2D eigenvalue weighted by Crippen LogP contribution is 2.23. The third-order valence-corrected chi connectivity index (χ3v) is 5.05. The van der Waals surface area contributed by atoms with Gasteiger partial charge in [-0.2, -0.15) is 0 Å². The van der Waals surface area contributed by atoms with E-state index >= 15 is 0 Å². The Bertz CT molecular complexity index is 1030. The summed E-state index contributed by atoms with van der Waals surface area (Å²) in [6.45, 7) is 2.60. The number of anilines is 1. The number of aromatic nitrogens is 3. The lowest BCUT2D eigenvalue weighted by Crippen LogP contribution is -2.16. The van der Waals surface area contributed by atoms with E-state index in [1.807, 2.05) is 41.8 Å². The number of hydrogen-bond acceptors (Lipinski definition) is 6. The quantitative estimate of drug-likeness (QED) is 0.342. The molecule has 1 N–H and O–H groups in total. The summed E-state index contributed by atoms with van der Waals surface area (Å²) in [6, 6.07) is 12.8. The lowest BCUT2D eigenvalue weighted by Gasteiger charge is -2.08. The maximum atomic E-state index is 13.8. The molecule has 0 radical (unpaired) electrons. The van der Waals surface area contributed by atoms with E-state index in [9.17, 15) is 19.3 Å². The van der Waals surface area contributed by atoms with Gasteiger partial charge in [0, 0.05) is 25.1 Å². The Morgan fingerprint density at radius 1 is 1.24 bits per heavy atom. The molecule has 8 nitrogen and oxygen atoms in total. The molecule has 1 amide bonds. The van der Waals surface area contributed by atoms with Crippen LogP contribution in [0.5, 0.6) is 0 Å². The van der Waals surface area contributed by atoms with Crippen LogP contribution in [0.25, 0.3) is 0 Å². The van der Waals surface area contributed by atoms with Gasteiger partial charge in [0.25, 0.3) is 5.69 Å². The lowest BCUT2D eigenvalue weighted by molar-refractivity contribution is -0.384. The maximum absolute atomic E-state index is 13.8. The highest BCUT2D eigenvalue weighted by atomic mass is 32.2. The van der Waals surface area contributed by atoms with E-state index in [0.717, 1.165) is 29.6 Å². The van der Waals surface area contributed by atoms with Crippen LogP contribution in [0.15, 0.2) is 53.7 Å². The second-order valence-electron chi connectivity index (χ2n) is 6.06. The van der Waals surface area contributed by atoms with E-state index in [2.05, 4.69) is 15.5 Å². The fourth-order valence-electron chi connectivity index (χ4n) is 2.69. The second kappa shape index (κ2) is 9.28. The van der Waals surface area contributed by atoms with Crippen molar-refractivity contribution in [3.8, 4) is 0 Å². The smallest absolute Gasteiger partial charge is 0.271 e. The van der Waals surface area contributed by atoms with Crippen molar-refractivity contribution in [1.82, 2.24) is 14.8 Å². The topological polar surface area (TPSA) is 103 Å². The average Bonchev–Trinajstić information content (AvgIpc) is 3.10. The Morgan fingerprint density at radius 3 is 2.69 bits per heavy atom. The van der Waals surface area contributed by atoms with Gasteiger partial charge in [-0.25, -0.2) is 4.39 Å². The molecule has 1 aromatic heterocycles. The van der Waals surface area contributed by atoms with Crippen LogP contribution in [-0.2, 0) is 17.8 Å². The molecule has 1 heterocycles. The first-order valence-corrected chi connectivity index (χ1v) is 9.79. The lowest BCUT2D eigenvalue weighted by atomic mass is 10.1. The van der Waals surface area contributed by atoms with E-state index < -0.39 is 16.6 Å². The SMILES string of the molecule is CCn1c(Cc2ccccc2)nnc1SCC(=O)Nc1cc([N+](=O)[O-])ccc1F. The number of rotatable bonds is 8. The van der Waals surface area contributed by atoms with Gasteiger partial charge < -0.3 is 9.88 Å². The normalized spacial score (nSPS) is 10.7. The van der Waals surface area contributed by atoms with Crippen LogP contribution in [0, 0.1) is 15.9 Å². The summed E-state index contributed by atoms with van der Waals surface area (Å²) >= 11 is 1.17. The van der Waals surface area contributed by atoms with Crippen molar-refractivity contribution < 1.29 is 14.1 Å². The highest BCUT2D eigenvalue weighted by molar-refractivity contribution is 7.99. The highest BCUT2D eigenvalue weighted by Gasteiger charge is 2.16. The van der Waals surface area contributed by atoms with Crippen molar-refractivity contribution in [1.29, 1.82) is 0 Å². The molecule has 0 aliphatic heterocycles. The molecule has 3 rings (SSSR count). The average molecular weight is 415 g/mol. The first kappa shape index (κ1) is 20.5. The number of benzene rings is 2. The Kier molecular flexibility index (Phi) is 6.55. The number of thioether (sulfide) groups is 1. The van der Waals surface area contributed by atoms with Crippen LogP contribution in [0.1, 0.15) is 18.3 Å². The molecule has 29 heavy (non-hydrogen) atoms. The number of amides is 1. The molecule has 0 bridgehead atoms. The zero-order valence-corrected chi connectivity index (χ0v) is 16.4. The van der Waals surface area contributed by atoms with Crippen LogP contribution in [-0.4, -0.2) is 31.3 Å². The third kappa shape index (κ3) is 5.17. The molecular formula is C19H18FN5O3S. The Morgan fingerprint density at radius 2 is 2.00 bits per heavy atom. The number of nitrogens with zero attached hydrogens (tertiary/aromatic N) is 4. The number of halogens is 1. The number of carbonyl (C=O) groups is 1.